The lowest BCUT2D eigenvalue weighted by Gasteiger charge is -2.23. The molecule has 1 aliphatic carbocycles. The molecular weight excluding hydrogens is 464 g/mol. The number of ether oxygens (including phenoxy) is 1. The number of hydrogen-bond donors (Lipinski definition) is 2. The van der Waals surface area contributed by atoms with Crippen molar-refractivity contribution in [3.05, 3.63) is 107 Å². The van der Waals surface area contributed by atoms with Gasteiger partial charge in [0.2, 0.25) is 0 Å². The molecule has 0 aliphatic heterocycles. The van der Waals surface area contributed by atoms with Crippen LogP contribution in [0.25, 0.3) is 11.1 Å². The fraction of sp³-hybridized carbons (Fsp3) is 0.161. The second-order valence-electron chi connectivity index (χ2n) is 9.33. The molecule has 37 heavy (non-hydrogen) atoms. The van der Waals surface area contributed by atoms with E-state index in [2.05, 4.69) is 92.1 Å². The van der Waals surface area contributed by atoms with Gasteiger partial charge in [0.1, 0.15) is 0 Å². The van der Waals surface area contributed by atoms with E-state index in [1.54, 1.807) is 6.07 Å². The molecule has 186 valence electrons. The molecule has 2 N–H and O–H groups in total. The minimum Gasteiger partial charge on any atom is -0.465 e. The van der Waals surface area contributed by atoms with Crippen LogP contribution in [0.3, 0.4) is 0 Å². The summed E-state index contributed by atoms with van der Waals surface area (Å²) in [5, 5.41) is 7.00. The van der Waals surface area contributed by atoms with Gasteiger partial charge in [-0.05, 0) is 77.2 Å². The van der Waals surface area contributed by atoms with Crippen molar-refractivity contribution in [2.24, 2.45) is 0 Å². The van der Waals surface area contributed by atoms with Gasteiger partial charge in [-0.1, -0.05) is 56.3 Å². The van der Waals surface area contributed by atoms with Crippen molar-refractivity contribution in [2.75, 3.05) is 17.7 Å². The number of rotatable bonds is 5. The Balaban J connectivity index is 0.00000102. The summed E-state index contributed by atoms with van der Waals surface area (Å²) in [5.74, 6) is -0.356. The Morgan fingerprint density at radius 3 is 1.78 bits per heavy atom. The molecule has 6 nitrogen and oxygen atoms in total. The third-order valence-corrected chi connectivity index (χ3v) is 6.71. The van der Waals surface area contributed by atoms with Gasteiger partial charge in [-0.3, -0.25) is 0 Å². The van der Waals surface area contributed by atoms with Crippen molar-refractivity contribution in [3.8, 4) is 11.1 Å². The van der Waals surface area contributed by atoms with E-state index < -0.39 is 0 Å². The Morgan fingerprint density at radius 2 is 1.24 bits per heavy atom. The maximum Gasteiger partial charge on any atom is 0.373 e. The predicted molar refractivity (Wildman–Crippen MR) is 145 cm³/mol. The van der Waals surface area contributed by atoms with Crippen molar-refractivity contribution >= 4 is 34.9 Å². The van der Waals surface area contributed by atoms with Crippen LogP contribution in [-0.4, -0.2) is 19.2 Å². The fourth-order valence-electron chi connectivity index (χ4n) is 4.80. The molecule has 0 aromatic heterocycles. The zero-order chi connectivity index (χ0) is 26.6. The van der Waals surface area contributed by atoms with Crippen LogP contribution >= 0.6 is 0 Å². The van der Waals surface area contributed by atoms with Crippen LogP contribution in [0.4, 0.5) is 22.7 Å². The average Bonchev–Trinajstić information content (AvgIpc) is 3.12. The average molecular weight is 493 g/mol. The van der Waals surface area contributed by atoms with Gasteiger partial charge in [-0.15, -0.1) is 0 Å². The van der Waals surface area contributed by atoms with E-state index in [0.29, 0.717) is 5.56 Å². The first-order chi connectivity index (χ1) is 17.8. The summed E-state index contributed by atoms with van der Waals surface area (Å²) in [6.45, 7) is 6.64. The maximum absolute atomic E-state index is 12.2. The highest BCUT2D eigenvalue weighted by molar-refractivity contribution is 5.96. The van der Waals surface area contributed by atoms with Crippen LogP contribution in [0.5, 0.6) is 0 Å². The van der Waals surface area contributed by atoms with Gasteiger partial charge in [-0.2, -0.15) is 9.59 Å². The van der Waals surface area contributed by atoms with Crippen molar-refractivity contribution < 1.29 is 19.1 Å². The van der Waals surface area contributed by atoms with E-state index >= 15 is 0 Å². The molecule has 6 heteroatoms. The molecule has 4 aromatic rings. The van der Waals surface area contributed by atoms with Gasteiger partial charge in [0, 0.05) is 22.5 Å². The number of carbonyl (C=O) groups excluding carboxylic acids is 3. The zero-order valence-electron chi connectivity index (χ0n) is 21.2. The van der Waals surface area contributed by atoms with E-state index in [-0.39, 0.29) is 17.5 Å². The molecular formula is C31H28N2O4. The minimum absolute atomic E-state index is 0.159. The normalized spacial score (nSPS) is 12.2. The quantitative estimate of drug-likeness (QED) is 0.292. The number of carbonyl (C=O) groups is 1. The van der Waals surface area contributed by atoms with Gasteiger partial charge in [0.05, 0.1) is 18.4 Å². The summed E-state index contributed by atoms with van der Waals surface area (Å²) >= 11 is 0. The van der Waals surface area contributed by atoms with Gasteiger partial charge >= 0.3 is 12.1 Å². The zero-order valence-corrected chi connectivity index (χ0v) is 21.2. The molecule has 0 bridgehead atoms. The van der Waals surface area contributed by atoms with Crippen molar-refractivity contribution in [2.45, 2.75) is 26.2 Å². The summed E-state index contributed by atoms with van der Waals surface area (Å²) in [7, 11) is 1.40. The first-order valence-corrected chi connectivity index (χ1v) is 11.9. The molecule has 0 amide bonds. The summed E-state index contributed by atoms with van der Waals surface area (Å²) in [4.78, 5) is 28.4. The maximum atomic E-state index is 12.2. The molecule has 0 heterocycles. The second kappa shape index (κ2) is 10.5. The number of fused-ring (bicyclic) bond motifs is 3. The molecule has 5 rings (SSSR count). The molecule has 1 aliphatic rings. The number of anilines is 4. The molecule has 0 atom stereocenters. The smallest absolute Gasteiger partial charge is 0.373 e. The van der Waals surface area contributed by atoms with E-state index in [1.807, 2.05) is 18.2 Å². The lowest BCUT2D eigenvalue weighted by atomic mass is 9.82. The van der Waals surface area contributed by atoms with E-state index in [0.717, 1.165) is 22.7 Å². The third kappa shape index (κ3) is 5.01. The van der Waals surface area contributed by atoms with Crippen LogP contribution in [0.2, 0.25) is 0 Å². The van der Waals surface area contributed by atoms with Crippen LogP contribution in [0, 0.1) is 6.92 Å². The lowest BCUT2D eigenvalue weighted by Crippen LogP contribution is -2.15. The lowest BCUT2D eigenvalue weighted by molar-refractivity contribution is -0.191. The van der Waals surface area contributed by atoms with Crippen molar-refractivity contribution in [1.29, 1.82) is 0 Å². The number of methoxy groups -OCH3 is 1. The SMILES string of the molecule is COC(=O)c1ccccc1Nc1ccc2c(c1)C(C)(C)c1cc(Nc3ccccc3C)ccc1-2.O=C=O. The number of hydrogen-bond acceptors (Lipinski definition) is 6. The van der Waals surface area contributed by atoms with E-state index in [9.17, 15) is 4.79 Å². The standard InChI is InChI=1S/C30H28N2O2.CO2/c1-19-9-5-7-11-27(19)31-20-13-15-22-23-16-14-21(18-26(23)30(2,3)25(22)17-20)32-28-12-8-6-10-24(28)29(33)34-4;2-1-3/h5-18,31-32H,1-4H3;. The monoisotopic (exact) mass is 492 g/mol. The number of para-hydroxylation sites is 2. The van der Waals surface area contributed by atoms with Gasteiger partial charge in [0.15, 0.2) is 0 Å². The van der Waals surface area contributed by atoms with E-state index in [1.165, 1.54) is 34.9 Å². The molecule has 0 saturated heterocycles. The highest BCUT2D eigenvalue weighted by Crippen LogP contribution is 2.50. The predicted octanol–water partition coefficient (Wildman–Crippen LogP) is 6.99. The molecule has 0 saturated carbocycles. The molecule has 0 spiro atoms. The van der Waals surface area contributed by atoms with E-state index in [4.69, 9.17) is 14.3 Å². The van der Waals surface area contributed by atoms with Gasteiger partial charge in [-0.25, -0.2) is 4.79 Å². The number of esters is 1. The Morgan fingerprint density at radius 1 is 0.757 bits per heavy atom. The van der Waals surface area contributed by atoms with Crippen molar-refractivity contribution in [1.82, 2.24) is 0 Å². The molecule has 4 aromatic carbocycles. The Hall–Kier alpha value is -4.67. The largest absolute Gasteiger partial charge is 0.465 e. The first kappa shape index (κ1) is 25.4. The fourth-order valence-corrected chi connectivity index (χ4v) is 4.80. The van der Waals surface area contributed by atoms with Crippen LogP contribution < -0.4 is 10.6 Å². The highest BCUT2D eigenvalue weighted by Gasteiger charge is 2.35. The third-order valence-electron chi connectivity index (χ3n) is 6.71. The Labute approximate surface area is 216 Å². The molecule has 0 fully saturated rings. The summed E-state index contributed by atoms with van der Waals surface area (Å²) in [6, 6.07) is 28.8. The second-order valence-corrected chi connectivity index (χ2v) is 9.33. The minimum atomic E-state index is -0.356. The van der Waals surface area contributed by atoms with Crippen LogP contribution in [-0.2, 0) is 19.7 Å². The summed E-state index contributed by atoms with van der Waals surface area (Å²) < 4.78 is 4.94. The topological polar surface area (TPSA) is 84.5 Å². The van der Waals surface area contributed by atoms with Crippen LogP contribution in [0.1, 0.15) is 40.9 Å². The first-order valence-electron chi connectivity index (χ1n) is 11.9. The number of aryl methyl sites for hydroxylation is 1. The number of nitrogens with one attached hydrogen (secondary N) is 2. The summed E-state index contributed by atoms with van der Waals surface area (Å²) in [5.41, 5.74) is 10.5. The van der Waals surface area contributed by atoms with Crippen molar-refractivity contribution in [3.63, 3.8) is 0 Å². The number of benzene rings is 4. The van der Waals surface area contributed by atoms with Gasteiger partial charge in [0.25, 0.3) is 0 Å². The highest BCUT2D eigenvalue weighted by atomic mass is 16.5. The summed E-state index contributed by atoms with van der Waals surface area (Å²) in [6.07, 6.45) is 0.250. The van der Waals surface area contributed by atoms with Gasteiger partial charge < -0.3 is 15.4 Å². The van der Waals surface area contributed by atoms with Crippen LogP contribution in [0.15, 0.2) is 84.9 Å². The Bertz CT molecular complexity index is 1500. The molecule has 0 radical (unpaired) electrons. The Kier molecular flexibility index (Phi) is 7.23. The molecule has 0 unspecified atom stereocenters.